The Kier molecular flexibility index (Phi) is 5.85. The number of thiazole rings is 1. The van der Waals surface area contributed by atoms with Crippen LogP contribution in [-0.4, -0.2) is 28.1 Å². The van der Waals surface area contributed by atoms with Crippen molar-refractivity contribution in [3.63, 3.8) is 0 Å². The first-order valence-electron chi connectivity index (χ1n) is 6.78. The molecule has 0 aromatic carbocycles. The van der Waals surface area contributed by atoms with Crippen LogP contribution in [0.15, 0.2) is 17.6 Å². The molecule has 0 bridgehead atoms. The summed E-state index contributed by atoms with van der Waals surface area (Å²) in [6, 6.07) is 1.77. The standard InChI is InChI=1S/C13H20N6OS/c1-3-20-8-12-17-10(6-11(18-12)19-14)16-7-9(2)13-15-4-5-21-13/h4-6,9H,3,7-8,14H2,1-2H3,(H2,16,17,18,19). The molecule has 0 saturated carbocycles. The zero-order valence-corrected chi connectivity index (χ0v) is 13.0. The van der Waals surface area contributed by atoms with Crippen molar-refractivity contribution in [3.05, 3.63) is 28.5 Å². The molecule has 2 aromatic heterocycles. The van der Waals surface area contributed by atoms with Gasteiger partial charge in [0.25, 0.3) is 0 Å². The molecule has 0 radical (unpaired) electrons. The predicted molar refractivity (Wildman–Crippen MR) is 84.2 cm³/mol. The Bertz CT molecular complexity index is 548. The van der Waals surface area contributed by atoms with Crippen molar-refractivity contribution in [2.45, 2.75) is 26.4 Å². The lowest BCUT2D eigenvalue weighted by atomic mass is 10.2. The lowest BCUT2D eigenvalue weighted by Gasteiger charge is -2.12. The first kappa shape index (κ1) is 15.6. The molecule has 0 saturated heterocycles. The summed E-state index contributed by atoms with van der Waals surface area (Å²) in [6.45, 7) is 5.77. The van der Waals surface area contributed by atoms with Gasteiger partial charge in [0.2, 0.25) is 0 Å². The molecule has 0 aliphatic heterocycles. The molecular weight excluding hydrogens is 288 g/mol. The molecule has 2 heterocycles. The van der Waals surface area contributed by atoms with Gasteiger partial charge in [-0.3, -0.25) is 0 Å². The highest BCUT2D eigenvalue weighted by molar-refractivity contribution is 7.09. The van der Waals surface area contributed by atoms with E-state index in [-0.39, 0.29) is 0 Å². The van der Waals surface area contributed by atoms with E-state index in [4.69, 9.17) is 10.6 Å². The van der Waals surface area contributed by atoms with Gasteiger partial charge >= 0.3 is 0 Å². The maximum absolute atomic E-state index is 5.43. The molecule has 1 unspecified atom stereocenters. The molecule has 2 aromatic rings. The average molecular weight is 308 g/mol. The SMILES string of the molecule is CCOCc1nc(NN)cc(NCC(C)c2nccs2)n1. The molecule has 2 rings (SSSR count). The maximum Gasteiger partial charge on any atom is 0.158 e. The Morgan fingerprint density at radius 1 is 1.38 bits per heavy atom. The summed E-state index contributed by atoms with van der Waals surface area (Å²) in [6.07, 6.45) is 1.82. The molecule has 114 valence electrons. The van der Waals surface area contributed by atoms with Gasteiger partial charge < -0.3 is 15.5 Å². The average Bonchev–Trinajstić information content (AvgIpc) is 3.04. The van der Waals surface area contributed by atoms with Crippen LogP contribution in [0.5, 0.6) is 0 Å². The highest BCUT2D eigenvalue weighted by Crippen LogP contribution is 2.19. The van der Waals surface area contributed by atoms with E-state index >= 15 is 0 Å². The summed E-state index contributed by atoms with van der Waals surface area (Å²) >= 11 is 1.65. The van der Waals surface area contributed by atoms with Gasteiger partial charge in [0.05, 0.1) is 5.01 Å². The first-order chi connectivity index (χ1) is 10.2. The van der Waals surface area contributed by atoms with Crippen LogP contribution < -0.4 is 16.6 Å². The zero-order valence-electron chi connectivity index (χ0n) is 12.2. The Hall–Kier alpha value is -1.77. The van der Waals surface area contributed by atoms with Crippen LogP contribution in [0, 0.1) is 0 Å². The van der Waals surface area contributed by atoms with Crippen molar-refractivity contribution in [1.29, 1.82) is 0 Å². The fourth-order valence-electron chi connectivity index (χ4n) is 1.74. The van der Waals surface area contributed by atoms with Gasteiger partial charge in [-0.25, -0.2) is 20.8 Å². The van der Waals surface area contributed by atoms with Crippen LogP contribution in [0.3, 0.4) is 0 Å². The molecule has 1 atom stereocenters. The van der Waals surface area contributed by atoms with Gasteiger partial charge in [-0.05, 0) is 6.92 Å². The van der Waals surface area contributed by atoms with E-state index in [0.29, 0.717) is 30.8 Å². The number of hydrogen-bond donors (Lipinski definition) is 3. The summed E-state index contributed by atoms with van der Waals surface area (Å²) in [5, 5.41) is 6.37. The second kappa shape index (κ2) is 7.87. The van der Waals surface area contributed by atoms with Crippen LogP contribution in [-0.2, 0) is 11.3 Å². The second-order valence-corrected chi connectivity index (χ2v) is 5.41. The minimum Gasteiger partial charge on any atom is -0.374 e. The topological polar surface area (TPSA) is 98.0 Å². The third-order valence-corrected chi connectivity index (χ3v) is 3.83. The lowest BCUT2D eigenvalue weighted by Crippen LogP contribution is -2.15. The van der Waals surface area contributed by atoms with Crippen LogP contribution in [0.1, 0.15) is 30.6 Å². The third kappa shape index (κ3) is 4.62. The number of nitrogens with two attached hydrogens (primary N) is 1. The minimum absolute atomic E-state index is 0.310. The van der Waals surface area contributed by atoms with Gasteiger partial charge in [-0.2, -0.15) is 0 Å². The van der Waals surface area contributed by atoms with Crippen molar-refractivity contribution >= 4 is 23.0 Å². The lowest BCUT2D eigenvalue weighted by molar-refractivity contribution is 0.128. The van der Waals surface area contributed by atoms with Crippen molar-refractivity contribution in [1.82, 2.24) is 15.0 Å². The number of nitrogen functional groups attached to an aromatic ring is 1. The van der Waals surface area contributed by atoms with Gasteiger partial charge in [-0.15, -0.1) is 11.3 Å². The van der Waals surface area contributed by atoms with Crippen molar-refractivity contribution in [2.75, 3.05) is 23.9 Å². The molecule has 0 fully saturated rings. The summed E-state index contributed by atoms with van der Waals surface area (Å²) in [7, 11) is 0. The quantitative estimate of drug-likeness (QED) is 0.506. The van der Waals surface area contributed by atoms with E-state index in [2.05, 4.69) is 32.6 Å². The summed E-state index contributed by atoms with van der Waals surface area (Å²) in [5.74, 6) is 7.61. The Morgan fingerprint density at radius 2 is 2.19 bits per heavy atom. The smallest absolute Gasteiger partial charge is 0.158 e. The van der Waals surface area contributed by atoms with E-state index < -0.39 is 0 Å². The predicted octanol–water partition coefficient (Wildman–Crippen LogP) is 1.97. The van der Waals surface area contributed by atoms with Gasteiger partial charge in [0.1, 0.15) is 18.2 Å². The number of hydrazine groups is 1. The molecule has 0 spiro atoms. The first-order valence-corrected chi connectivity index (χ1v) is 7.66. The van der Waals surface area contributed by atoms with Crippen molar-refractivity contribution in [3.8, 4) is 0 Å². The van der Waals surface area contributed by atoms with Gasteiger partial charge in [0, 0.05) is 36.7 Å². The van der Waals surface area contributed by atoms with Crippen molar-refractivity contribution < 1.29 is 4.74 Å². The fourth-order valence-corrected chi connectivity index (χ4v) is 2.44. The summed E-state index contributed by atoms with van der Waals surface area (Å²) in [5.41, 5.74) is 2.54. The van der Waals surface area contributed by atoms with Crippen LogP contribution in [0.4, 0.5) is 11.6 Å². The number of nitrogens with one attached hydrogen (secondary N) is 2. The molecule has 0 amide bonds. The number of aromatic nitrogens is 3. The highest BCUT2D eigenvalue weighted by atomic mass is 32.1. The molecule has 4 N–H and O–H groups in total. The summed E-state index contributed by atoms with van der Waals surface area (Å²) < 4.78 is 5.33. The molecule has 0 aliphatic rings. The van der Waals surface area contributed by atoms with E-state index in [9.17, 15) is 0 Å². The largest absolute Gasteiger partial charge is 0.374 e. The Balaban J connectivity index is 2.01. The molecule has 21 heavy (non-hydrogen) atoms. The molecule has 0 aliphatic carbocycles. The fraction of sp³-hybridized carbons (Fsp3) is 0.462. The van der Waals surface area contributed by atoms with Gasteiger partial charge in [-0.1, -0.05) is 6.92 Å². The second-order valence-electron chi connectivity index (χ2n) is 4.49. The number of anilines is 2. The number of ether oxygens (including phenoxy) is 1. The monoisotopic (exact) mass is 308 g/mol. The van der Waals surface area contributed by atoms with Gasteiger partial charge in [0.15, 0.2) is 5.82 Å². The minimum atomic E-state index is 0.310. The maximum atomic E-state index is 5.43. The molecule has 8 heteroatoms. The Morgan fingerprint density at radius 3 is 2.86 bits per heavy atom. The summed E-state index contributed by atoms with van der Waals surface area (Å²) in [4.78, 5) is 13.0. The molecular formula is C13H20N6OS. The van der Waals surface area contributed by atoms with E-state index in [1.165, 1.54) is 0 Å². The van der Waals surface area contributed by atoms with E-state index in [0.717, 1.165) is 17.4 Å². The Labute approximate surface area is 128 Å². The van der Waals surface area contributed by atoms with Crippen LogP contribution in [0.2, 0.25) is 0 Å². The van der Waals surface area contributed by atoms with E-state index in [1.807, 2.05) is 18.5 Å². The van der Waals surface area contributed by atoms with Crippen LogP contribution in [0.25, 0.3) is 0 Å². The number of nitrogens with zero attached hydrogens (tertiary/aromatic N) is 3. The number of hydrogen-bond acceptors (Lipinski definition) is 8. The molecule has 7 nitrogen and oxygen atoms in total. The third-order valence-electron chi connectivity index (χ3n) is 2.82. The van der Waals surface area contributed by atoms with Crippen molar-refractivity contribution in [2.24, 2.45) is 5.84 Å². The highest BCUT2D eigenvalue weighted by Gasteiger charge is 2.09. The zero-order chi connectivity index (χ0) is 15.1. The number of rotatable bonds is 8. The normalized spacial score (nSPS) is 12.1. The van der Waals surface area contributed by atoms with Crippen LogP contribution >= 0.6 is 11.3 Å². The van der Waals surface area contributed by atoms with E-state index in [1.54, 1.807) is 17.4 Å².